The number of Topliss-reactive ketones (excluding diaryl/α,β-unsaturated/α-hetero) is 1. The number of ketones is 2. The van der Waals surface area contributed by atoms with Crippen molar-refractivity contribution in [2.24, 2.45) is 28.6 Å². The Labute approximate surface area is 158 Å². The summed E-state index contributed by atoms with van der Waals surface area (Å²) < 4.78 is 16.7. The van der Waals surface area contributed by atoms with Crippen molar-refractivity contribution >= 4 is 17.5 Å². The largest absolute Gasteiger partial charge is 0.475 e. The molecule has 2 N–H and O–H groups in total. The number of aliphatic hydroxyl groups is 1. The van der Waals surface area contributed by atoms with Crippen molar-refractivity contribution in [2.45, 2.75) is 70.6 Å². The topological polar surface area (TPSA) is 91.7 Å². The first kappa shape index (κ1) is 18.8. The molecule has 0 amide bonds. The number of carboxylic acid groups (broad SMARTS) is 1. The number of hydrogen-bond donors (Lipinski definition) is 2. The molecule has 0 bridgehead atoms. The summed E-state index contributed by atoms with van der Waals surface area (Å²) in [5, 5.41) is 20.2. The first-order valence-corrected chi connectivity index (χ1v) is 9.93. The summed E-state index contributed by atoms with van der Waals surface area (Å²) in [5.41, 5.74) is -2.61. The summed E-state index contributed by atoms with van der Waals surface area (Å²) >= 11 is 0. The van der Waals surface area contributed by atoms with Gasteiger partial charge in [-0.05, 0) is 55.9 Å². The van der Waals surface area contributed by atoms with Crippen LogP contribution < -0.4 is 0 Å². The van der Waals surface area contributed by atoms with Gasteiger partial charge in [-0.25, -0.2) is 9.18 Å². The van der Waals surface area contributed by atoms with Gasteiger partial charge < -0.3 is 10.2 Å². The first-order chi connectivity index (χ1) is 12.6. The minimum Gasteiger partial charge on any atom is -0.475 e. The van der Waals surface area contributed by atoms with Crippen LogP contribution in [0.15, 0.2) is 11.6 Å². The third-order valence-electron chi connectivity index (χ3n) is 8.57. The van der Waals surface area contributed by atoms with Crippen molar-refractivity contribution in [1.29, 1.82) is 0 Å². The van der Waals surface area contributed by atoms with Gasteiger partial charge in [-0.15, -0.1) is 0 Å². The molecule has 6 heteroatoms. The first-order valence-electron chi connectivity index (χ1n) is 9.93. The zero-order valence-corrected chi connectivity index (χ0v) is 15.8. The molecule has 3 saturated carbocycles. The lowest BCUT2D eigenvalue weighted by atomic mass is 9.44. The van der Waals surface area contributed by atoms with Gasteiger partial charge in [-0.2, -0.15) is 0 Å². The smallest absolute Gasteiger partial charge is 0.372 e. The monoisotopic (exact) mass is 378 g/mol. The third kappa shape index (κ3) is 2.22. The Balaban J connectivity index is 1.76. The Morgan fingerprint density at radius 2 is 1.85 bits per heavy atom. The molecule has 4 rings (SSSR count). The van der Waals surface area contributed by atoms with Crippen molar-refractivity contribution in [1.82, 2.24) is 0 Å². The molecule has 3 fully saturated rings. The van der Waals surface area contributed by atoms with Crippen LogP contribution in [0.5, 0.6) is 0 Å². The van der Waals surface area contributed by atoms with Crippen molar-refractivity contribution in [3.63, 3.8) is 0 Å². The molecule has 4 aliphatic rings. The van der Waals surface area contributed by atoms with E-state index in [9.17, 15) is 24.6 Å². The van der Waals surface area contributed by atoms with E-state index in [0.717, 1.165) is 5.57 Å². The van der Waals surface area contributed by atoms with E-state index in [2.05, 4.69) is 0 Å². The van der Waals surface area contributed by atoms with E-state index < -0.39 is 46.2 Å². The summed E-state index contributed by atoms with van der Waals surface area (Å²) in [5.74, 6) is -3.46. The van der Waals surface area contributed by atoms with Gasteiger partial charge >= 0.3 is 5.97 Å². The maximum atomic E-state index is 16.7. The summed E-state index contributed by atoms with van der Waals surface area (Å²) in [6.07, 6.45) is 3.26. The average Bonchev–Trinajstić information content (AvgIpc) is 2.93. The number of hydrogen-bond acceptors (Lipinski definition) is 4. The number of aliphatic carboxylic acids is 1. The standard InChI is InChI=1S/C21H27FO5/c1-19-10-16(24)21(22)14(13(19)5-6-15(19)17(25)18(26)27)4-3-11-9-12(23)7-8-20(11,21)2/h9,13-16,24H,3-8,10H2,1-2H3,(H,26,27)/t13-,14-,15+,16-,19-,20-,21-/m0/s1. The second kappa shape index (κ2) is 5.72. The highest BCUT2D eigenvalue weighted by Crippen LogP contribution is 2.69. The number of allylic oxidation sites excluding steroid dienone is 1. The summed E-state index contributed by atoms with van der Waals surface area (Å²) in [6, 6.07) is 0. The molecule has 27 heavy (non-hydrogen) atoms. The van der Waals surface area contributed by atoms with Gasteiger partial charge in [0, 0.05) is 23.7 Å². The molecule has 0 heterocycles. The molecule has 0 aromatic carbocycles. The maximum absolute atomic E-state index is 16.7. The fraction of sp³-hybridized carbons (Fsp3) is 0.762. The molecule has 7 atom stereocenters. The van der Waals surface area contributed by atoms with E-state index in [1.807, 2.05) is 13.8 Å². The van der Waals surface area contributed by atoms with Gasteiger partial charge in [-0.3, -0.25) is 9.59 Å². The van der Waals surface area contributed by atoms with Gasteiger partial charge in [0.1, 0.15) is 5.67 Å². The molecule has 0 spiro atoms. The van der Waals surface area contributed by atoms with Crippen molar-refractivity contribution < 1.29 is 29.0 Å². The molecule has 148 valence electrons. The highest BCUT2D eigenvalue weighted by Gasteiger charge is 2.71. The van der Waals surface area contributed by atoms with Crippen LogP contribution in [0.4, 0.5) is 4.39 Å². The molecule has 0 saturated heterocycles. The lowest BCUT2D eigenvalue weighted by Gasteiger charge is -2.62. The summed E-state index contributed by atoms with van der Waals surface area (Å²) in [7, 11) is 0. The Bertz CT molecular complexity index is 760. The Morgan fingerprint density at radius 1 is 1.15 bits per heavy atom. The van der Waals surface area contributed by atoms with Gasteiger partial charge in [0.25, 0.3) is 0 Å². The number of carbonyl (C=O) groups excluding carboxylic acids is 2. The van der Waals surface area contributed by atoms with Gasteiger partial charge in [0.15, 0.2) is 5.78 Å². The molecule has 0 unspecified atom stereocenters. The fourth-order valence-corrected chi connectivity index (χ4v) is 7.15. The predicted molar refractivity (Wildman–Crippen MR) is 94.6 cm³/mol. The van der Waals surface area contributed by atoms with Crippen LogP contribution in [-0.4, -0.2) is 39.5 Å². The van der Waals surface area contributed by atoms with Gasteiger partial charge in [0.2, 0.25) is 5.78 Å². The van der Waals surface area contributed by atoms with E-state index >= 15 is 4.39 Å². The third-order valence-corrected chi connectivity index (χ3v) is 8.57. The number of alkyl halides is 1. The van der Waals surface area contributed by atoms with Gasteiger partial charge in [-0.1, -0.05) is 19.4 Å². The van der Waals surface area contributed by atoms with Crippen LogP contribution in [0.3, 0.4) is 0 Å². The zero-order chi connectivity index (χ0) is 19.8. The van der Waals surface area contributed by atoms with Crippen LogP contribution in [0.1, 0.15) is 58.8 Å². The van der Waals surface area contributed by atoms with E-state index in [0.29, 0.717) is 32.1 Å². The van der Waals surface area contributed by atoms with Gasteiger partial charge in [0.05, 0.1) is 6.10 Å². The number of carbonyl (C=O) groups is 3. The number of carboxylic acids is 1. The highest BCUT2D eigenvalue weighted by atomic mass is 19.1. The zero-order valence-electron chi connectivity index (χ0n) is 15.8. The lowest BCUT2D eigenvalue weighted by molar-refractivity contribution is -0.208. The molecule has 5 nitrogen and oxygen atoms in total. The number of fused-ring (bicyclic) bond motifs is 5. The molecule has 0 aliphatic heterocycles. The molecular weight excluding hydrogens is 351 g/mol. The second-order valence-corrected chi connectivity index (χ2v) is 9.51. The fourth-order valence-electron chi connectivity index (χ4n) is 7.15. The van der Waals surface area contributed by atoms with E-state index in [4.69, 9.17) is 0 Å². The second-order valence-electron chi connectivity index (χ2n) is 9.51. The maximum Gasteiger partial charge on any atom is 0.372 e. The lowest BCUT2D eigenvalue weighted by Crippen LogP contribution is -2.67. The molecular formula is C21H27FO5. The minimum absolute atomic E-state index is 0.0210. The minimum atomic E-state index is -1.84. The average molecular weight is 378 g/mol. The SMILES string of the molecule is C[C@]12C[C@H](O)[C@@]3(F)[C@@H](CCC4=CC(=O)CC[C@@]43C)[C@@H]1CC[C@@H]2C(=O)C(=O)O. The highest BCUT2D eigenvalue weighted by molar-refractivity contribution is 6.33. The van der Waals surface area contributed by atoms with Crippen molar-refractivity contribution in [3.8, 4) is 0 Å². The molecule has 4 aliphatic carbocycles. The summed E-state index contributed by atoms with van der Waals surface area (Å²) in [4.78, 5) is 35.4. The summed E-state index contributed by atoms with van der Waals surface area (Å²) in [6.45, 7) is 3.69. The van der Waals surface area contributed by atoms with Crippen LogP contribution >= 0.6 is 0 Å². The van der Waals surface area contributed by atoms with Crippen LogP contribution in [-0.2, 0) is 14.4 Å². The Morgan fingerprint density at radius 3 is 2.52 bits per heavy atom. The number of halogens is 1. The molecule has 0 aromatic rings. The normalized spacial score (nSPS) is 48.9. The Hall–Kier alpha value is -1.56. The van der Waals surface area contributed by atoms with E-state index in [-0.39, 0.29) is 24.5 Å². The van der Waals surface area contributed by atoms with Crippen molar-refractivity contribution in [3.05, 3.63) is 11.6 Å². The van der Waals surface area contributed by atoms with Crippen LogP contribution in [0, 0.1) is 28.6 Å². The predicted octanol–water partition coefficient (Wildman–Crippen LogP) is 2.85. The van der Waals surface area contributed by atoms with Crippen LogP contribution in [0.25, 0.3) is 0 Å². The molecule has 0 radical (unpaired) electrons. The van der Waals surface area contributed by atoms with Crippen LogP contribution in [0.2, 0.25) is 0 Å². The van der Waals surface area contributed by atoms with E-state index in [1.165, 1.54) is 0 Å². The van der Waals surface area contributed by atoms with E-state index in [1.54, 1.807) is 6.08 Å². The number of aliphatic hydroxyl groups excluding tert-OH is 1. The quantitative estimate of drug-likeness (QED) is 0.721. The molecule has 0 aromatic heterocycles. The Kier molecular flexibility index (Phi) is 3.98. The number of rotatable bonds is 2. The van der Waals surface area contributed by atoms with Crippen molar-refractivity contribution in [2.75, 3.05) is 0 Å².